The van der Waals surface area contributed by atoms with Gasteiger partial charge in [-0.05, 0) is 31.7 Å². The van der Waals surface area contributed by atoms with E-state index in [1.54, 1.807) is 7.11 Å². The molecule has 0 aliphatic heterocycles. The van der Waals surface area contributed by atoms with Crippen LogP contribution in [0.4, 0.5) is 0 Å². The summed E-state index contributed by atoms with van der Waals surface area (Å²) in [5.74, 6) is 1.29. The van der Waals surface area contributed by atoms with Gasteiger partial charge in [0.05, 0.1) is 18.8 Å². The molecule has 3 aromatic rings. The predicted molar refractivity (Wildman–Crippen MR) is 85.0 cm³/mol. The van der Waals surface area contributed by atoms with Crippen LogP contribution in [-0.2, 0) is 24.2 Å². The molecule has 23 heavy (non-hydrogen) atoms. The van der Waals surface area contributed by atoms with Crippen LogP contribution >= 0.6 is 0 Å². The lowest BCUT2D eigenvalue weighted by Gasteiger charge is -2.11. The van der Waals surface area contributed by atoms with E-state index in [-0.39, 0.29) is 0 Å². The normalized spacial score (nSPS) is 11.7. The Bertz CT molecular complexity index is 780. The molecule has 3 aromatic heterocycles. The molecular formula is C16H21N5O2. The second kappa shape index (κ2) is 6.89. The first-order valence-electron chi connectivity index (χ1n) is 7.57. The van der Waals surface area contributed by atoms with Gasteiger partial charge in [-0.2, -0.15) is 4.98 Å². The van der Waals surface area contributed by atoms with Gasteiger partial charge in [-0.1, -0.05) is 5.16 Å². The van der Waals surface area contributed by atoms with Crippen LogP contribution in [0.2, 0.25) is 0 Å². The Balaban J connectivity index is 1.61. The standard InChI is InChI=1S/C16H21N5O2/c1-12-4-6-21-10-13(17-15(21)8-12)9-20(2)11-16-18-14(19-23-16)5-7-22-3/h4,6,8,10H,5,7,9,11H2,1-3H3. The lowest BCUT2D eigenvalue weighted by molar-refractivity contribution is 0.199. The summed E-state index contributed by atoms with van der Waals surface area (Å²) in [6.07, 6.45) is 4.74. The SMILES string of the molecule is COCCc1noc(CN(C)Cc2cn3ccc(C)cc3n2)n1. The summed E-state index contributed by atoms with van der Waals surface area (Å²) in [6, 6.07) is 4.14. The molecule has 0 saturated heterocycles. The average molecular weight is 315 g/mol. The van der Waals surface area contributed by atoms with Crippen molar-refractivity contribution in [1.82, 2.24) is 24.4 Å². The van der Waals surface area contributed by atoms with Crippen molar-refractivity contribution >= 4 is 5.65 Å². The minimum atomic E-state index is 0.590. The molecule has 0 aliphatic carbocycles. The van der Waals surface area contributed by atoms with E-state index in [9.17, 15) is 0 Å². The number of rotatable bonds is 7. The van der Waals surface area contributed by atoms with Crippen molar-refractivity contribution in [2.45, 2.75) is 26.4 Å². The summed E-state index contributed by atoms with van der Waals surface area (Å²) in [6.45, 7) is 3.97. The maximum atomic E-state index is 5.26. The fraction of sp³-hybridized carbons (Fsp3) is 0.438. The predicted octanol–water partition coefficient (Wildman–Crippen LogP) is 1.85. The maximum Gasteiger partial charge on any atom is 0.240 e. The van der Waals surface area contributed by atoms with Crippen molar-refractivity contribution in [3.05, 3.63) is 47.5 Å². The Morgan fingerprint density at radius 1 is 1.30 bits per heavy atom. The number of nitrogens with zero attached hydrogens (tertiary/aromatic N) is 5. The monoisotopic (exact) mass is 315 g/mol. The number of ether oxygens (including phenoxy) is 1. The smallest absolute Gasteiger partial charge is 0.240 e. The number of aromatic nitrogens is 4. The molecule has 122 valence electrons. The van der Waals surface area contributed by atoms with Crippen LogP contribution in [0, 0.1) is 6.92 Å². The molecule has 0 bridgehead atoms. The van der Waals surface area contributed by atoms with Gasteiger partial charge >= 0.3 is 0 Å². The number of fused-ring (bicyclic) bond motifs is 1. The zero-order valence-corrected chi connectivity index (χ0v) is 13.7. The third-order valence-corrected chi connectivity index (χ3v) is 3.54. The highest BCUT2D eigenvalue weighted by Crippen LogP contribution is 2.10. The van der Waals surface area contributed by atoms with Crippen LogP contribution in [0.1, 0.15) is 23.0 Å². The molecule has 0 spiro atoms. The second-order valence-corrected chi connectivity index (χ2v) is 5.72. The van der Waals surface area contributed by atoms with E-state index in [0.717, 1.165) is 17.9 Å². The van der Waals surface area contributed by atoms with E-state index >= 15 is 0 Å². The Kier molecular flexibility index (Phi) is 4.68. The molecule has 0 fully saturated rings. The molecular weight excluding hydrogens is 294 g/mol. The van der Waals surface area contributed by atoms with Gasteiger partial charge in [0.15, 0.2) is 5.82 Å². The highest BCUT2D eigenvalue weighted by Gasteiger charge is 2.11. The van der Waals surface area contributed by atoms with E-state index in [1.807, 2.05) is 23.8 Å². The van der Waals surface area contributed by atoms with Gasteiger partial charge < -0.3 is 13.7 Å². The van der Waals surface area contributed by atoms with Gasteiger partial charge in [0.1, 0.15) is 5.65 Å². The summed E-state index contributed by atoms with van der Waals surface area (Å²) in [5.41, 5.74) is 3.18. The van der Waals surface area contributed by atoms with E-state index < -0.39 is 0 Å². The Morgan fingerprint density at radius 2 is 2.17 bits per heavy atom. The summed E-state index contributed by atoms with van der Waals surface area (Å²) in [4.78, 5) is 11.1. The zero-order valence-electron chi connectivity index (χ0n) is 13.7. The van der Waals surface area contributed by atoms with Gasteiger partial charge in [-0.25, -0.2) is 4.98 Å². The summed E-state index contributed by atoms with van der Waals surface area (Å²) in [5, 5.41) is 3.95. The third-order valence-electron chi connectivity index (χ3n) is 3.54. The number of hydrogen-bond donors (Lipinski definition) is 0. The number of aryl methyl sites for hydroxylation is 1. The summed E-state index contributed by atoms with van der Waals surface area (Å²) in [7, 11) is 3.67. The van der Waals surface area contributed by atoms with Crippen molar-refractivity contribution in [2.24, 2.45) is 0 Å². The fourth-order valence-electron chi connectivity index (χ4n) is 2.43. The molecule has 0 amide bonds. The zero-order chi connectivity index (χ0) is 16.2. The molecule has 0 saturated carbocycles. The molecule has 7 heteroatoms. The molecule has 0 unspecified atom stereocenters. The fourth-order valence-corrected chi connectivity index (χ4v) is 2.43. The van der Waals surface area contributed by atoms with Crippen LogP contribution < -0.4 is 0 Å². The number of hydrogen-bond acceptors (Lipinski definition) is 6. The molecule has 3 heterocycles. The molecule has 0 radical (unpaired) electrons. The highest BCUT2D eigenvalue weighted by atomic mass is 16.5. The van der Waals surface area contributed by atoms with E-state index in [1.165, 1.54) is 5.56 Å². The van der Waals surface area contributed by atoms with Crippen molar-refractivity contribution < 1.29 is 9.26 Å². The van der Waals surface area contributed by atoms with Gasteiger partial charge in [0, 0.05) is 32.5 Å². The second-order valence-electron chi connectivity index (χ2n) is 5.72. The van der Waals surface area contributed by atoms with Crippen molar-refractivity contribution in [1.29, 1.82) is 0 Å². The number of methoxy groups -OCH3 is 1. The van der Waals surface area contributed by atoms with Crippen LogP contribution in [0.25, 0.3) is 5.65 Å². The van der Waals surface area contributed by atoms with E-state index in [2.05, 4.69) is 39.1 Å². The van der Waals surface area contributed by atoms with Crippen molar-refractivity contribution in [3.63, 3.8) is 0 Å². The summed E-state index contributed by atoms with van der Waals surface area (Å²) < 4.78 is 12.3. The van der Waals surface area contributed by atoms with Crippen molar-refractivity contribution in [3.8, 4) is 0 Å². The molecule has 0 atom stereocenters. The molecule has 0 aliphatic rings. The molecule has 3 rings (SSSR count). The summed E-state index contributed by atoms with van der Waals surface area (Å²) >= 11 is 0. The molecule has 0 aromatic carbocycles. The first-order chi connectivity index (χ1) is 11.1. The molecule has 7 nitrogen and oxygen atoms in total. The maximum absolute atomic E-state index is 5.26. The lowest BCUT2D eigenvalue weighted by atomic mass is 10.3. The third kappa shape index (κ3) is 3.94. The van der Waals surface area contributed by atoms with E-state index in [0.29, 0.717) is 31.3 Å². The van der Waals surface area contributed by atoms with E-state index in [4.69, 9.17) is 9.26 Å². The molecule has 0 N–H and O–H groups in total. The Morgan fingerprint density at radius 3 is 3.00 bits per heavy atom. The topological polar surface area (TPSA) is 68.7 Å². The van der Waals surface area contributed by atoms with Crippen LogP contribution in [-0.4, -0.2) is 45.2 Å². The van der Waals surface area contributed by atoms with Crippen LogP contribution in [0.5, 0.6) is 0 Å². The highest BCUT2D eigenvalue weighted by molar-refractivity contribution is 5.42. The first kappa shape index (κ1) is 15.6. The van der Waals surface area contributed by atoms with Crippen molar-refractivity contribution in [2.75, 3.05) is 20.8 Å². The van der Waals surface area contributed by atoms with Gasteiger partial charge in [-0.15, -0.1) is 0 Å². The Hall–Kier alpha value is -2.25. The van der Waals surface area contributed by atoms with Gasteiger partial charge in [0.25, 0.3) is 0 Å². The first-order valence-corrected chi connectivity index (χ1v) is 7.57. The lowest BCUT2D eigenvalue weighted by Crippen LogP contribution is -2.17. The Labute approximate surface area is 134 Å². The number of imidazole rings is 1. The van der Waals surface area contributed by atoms with Gasteiger partial charge in [0.2, 0.25) is 5.89 Å². The van der Waals surface area contributed by atoms with Crippen LogP contribution in [0.3, 0.4) is 0 Å². The minimum absolute atomic E-state index is 0.590. The largest absolute Gasteiger partial charge is 0.384 e. The minimum Gasteiger partial charge on any atom is -0.384 e. The number of pyridine rings is 1. The van der Waals surface area contributed by atoms with Crippen LogP contribution in [0.15, 0.2) is 29.0 Å². The quantitative estimate of drug-likeness (QED) is 0.663. The van der Waals surface area contributed by atoms with Gasteiger partial charge in [-0.3, -0.25) is 4.90 Å². The average Bonchev–Trinajstić information content (AvgIpc) is 3.10.